The molecule has 0 aromatic heterocycles. The predicted octanol–water partition coefficient (Wildman–Crippen LogP) is 2.88. The maximum Gasteiger partial charge on any atom is 0.345 e. The second-order valence-electron chi connectivity index (χ2n) is 8.44. The Labute approximate surface area is 222 Å². The molecule has 0 spiro atoms. The summed E-state index contributed by atoms with van der Waals surface area (Å²) < 4.78 is 5.02. The average Bonchev–Trinajstić information content (AvgIpc) is 2.88. The molecule has 0 bridgehead atoms. The lowest BCUT2D eigenvalue weighted by molar-refractivity contribution is -0.160. The summed E-state index contributed by atoms with van der Waals surface area (Å²) >= 11 is 0. The molecular weight excluding hydrogens is 512 g/mol. The van der Waals surface area contributed by atoms with Gasteiger partial charge in [-0.1, -0.05) is 18.2 Å². The number of ether oxygens (including phenoxy) is 1. The monoisotopic (exact) mass is 538 g/mol. The van der Waals surface area contributed by atoms with E-state index in [1.165, 1.54) is 48.6 Å². The molecule has 0 aliphatic heterocycles. The number of carbonyl (C=O) groups is 2. The number of phenolic OH excluding ortho intramolecular Hbond substituents is 6. The van der Waals surface area contributed by atoms with E-state index in [-0.39, 0.29) is 42.3 Å². The van der Waals surface area contributed by atoms with Crippen molar-refractivity contribution in [1.82, 2.24) is 0 Å². The van der Waals surface area contributed by atoms with Gasteiger partial charge in [0.15, 0.2) is 34.5 Å². The number of hydrogen-bond donors (Lipinski definition) is 8. The first kappa shape index (κ1) is 28.4. The van der Waals surface area contributed by atoms with Crippen LogP contribution in [-0.4, -0.2) is 65.5 Å². The maximum atomic E-state index is 12.4. The molecule has 39 heavy (non-hydrogen) atoms. The zero-order valence-electron chi connectivity index (χ0n) is 20.4. The molecule has 0 radical (unpaired) electrons. The Balaban J connectivity index is 1.84. The summed E-state index contributed by atoms with van der Waals surface area (Å²) in [6.45, 7) is -0.216. The number of phenols is 6. The van der Waals surface area contributed by atoms with E-state index in [4.69, 9.17) is 4.74 Å². The van der Waals surface area contributed by atoms with Crippen molar-refractivity contribution < 1.29 is 55.2 Å². The summed E-state index contributed by atoms with van der Waals surface area (Å²) in [6.07, 6.45) is 3.47. The molecule has 1 atom stereocenters. The first-order valence-electron chi connectivity index (χ1n) is 11.5. The van der Waals surface area contributed by atoms with Crippen molar-refractivity contribution >= 4 is 30.2 Å². The predicted molar refractivity (Wildman–Crippen MR) is 139 cm³/mol. The van der Waals surface area contributed by atoms with Crippen molar-refractivity contribution in [3.8, 4) is 34.5 Å². The number of carboxylic acid groups (broad SMARTS) is 1. The van der Waals surface area contributed by atoms with Gasteiger partial charge in [0.1, 0.15) is 0 Å². The maximum absolute atomic E-state index is 12.4. The lowest BCUT2D eigenvalue weighted by atomic mass is 10.00. The SMILES string of the molecule is O=C(C=Cc1cc(O)c(O)cc1C=Cc1cc(O)c(O)cc1CCO)OC(Cc1ccc(O)c(O)c1)C(=O)O. The van der Waals surface area contributed by atoms with Gasteiger partial charge >= 0.3 is 11.9 Å². The fourth-order valence-electron chi connectivity index (χ4n) is 3.63. The van der Waals surface area contributed by atoms with Gasteiger partial charge in [-0.3, -0.25) is 0 Å². The quantitative estimate of drug-likeness (QED) is 0.0815. The van der Waals surface area contributed by atoms with Crippen LogP contribution in [-0.2, 0) is 27.2 Å². The fourth-order valence-corrected chi connectivity index (χ4v) is 3.63. The minimum absolute atomic E-state index is 0.182. The van der Waals surface area contributed by atoms with E-state index < -0.39 is 35.3 Å². The van der Waals surface area contributed by atoms with Crippen LogP contribution < -0.4 is 0 Å². The normalized spacial score (nSPS) is 12.1. The van der Waals surface area contributed by atoms with Crippen molar-refractivity contribution in [1.29, 1.82) is 0 Å². The van der Waals surface area contributed by atoms with Gasteiger partial charge in [-0.15, -0.1) is 0 Å². The topological polar surface area (TPSA) is 205 Å². The number of hydrogen-bond acceptors (Lipinski definition) is 10. The summed E-state index contributed by atoms with van der Waals surface area (Å²) in [5.74, 6) is -5.00. The number of aliphatic hydroxyl groups excluding tert-OH is 1. The van der Waals surface area contributed by atoms with Crippen LogP contribution >= 0.6 is 0 Å². The van der Waals surface area contributed by atoms with E-state index >= 15 is 0 Å². The molecule has 1 unspecified atom stereocenters. The molecule has 0 amide bonds. The molecular formula is C28H26O11. The second-order valence-corrected chi connectivity index (χ2v) is 8.44. The summed E-state index contributed by atoms with van der Waals surface area (Å²) in [5.41, 5.74) is 1.82. The third kappa shape index (κ3) is 7.43. The molecule has 8 N–H and O–H groups in total. The molecule has 204 valence electrons. The summed E-state index contributed by atoms with van der Waals surface area (Å²) in [7, 11) is 0. The van der Waals surface area contributed by atoms with Gasteiger partial charge in [0, 0.05) is 19.1 Å². The summed E-state index contributed by atoms with van der Waals surface area (Å²) in [5, 5.41) is 77.3. The Hall–Kier alpha value is -5.16. The Morgan fingerprint density at radius 3 is 1.85 bits per heavy atom. The van der Waals surface area contributed by atoms with E-state index in [9.17, 15) is 50.4 Å². The number of aliphatic carboxylic acids is 1. The summed E-state index contributed by atoms with van der Waals surface area (Å²) in [6, 6.07) is 8.64. The number of carboxylic acids is 1. The van der Waals surface area contributed by atoms with Gasteiger partial charge in [-0.2, -0.15) is 0 Å². The van der Waals surface area contributed by atoms with Gasteiger partial charge in [-0.25, -0.2) is 9.59 Å². The standard InChI is InChI=1S/C28H26O11/c29-8-7-19-14-25(35)23(33)12-17(19)3-2-16-11-22(32)24(34)13-18(16)4-6-27(36)39-26(28(37)38)10-15-1-5-20(30)21(31)9-15/h1-6,9,11-14,26,29-35H,7-8,10H2,(H,37,38). The Bertz CT molecular complexity index is 1440. The van der Waals surface area contributed by atoms with Gasteiger partial charge < -0.3 is 45.6 Å². The van der Waals surface area contributed by atoms with Crippen molar-refractivity contribution in [2.24, 2.45) is 0 Å². The molecule has 3 rings (SSSR count). The van der Waals surface area contributed by atoms with Crippen LogP contribution in [0.2, 0.25) is 0 Å². The molecule has 0 heterocycles. The van der Waals surface area contributed by atoms with Gasteiger partial charge in [0.2, 0.25) is 6.10 Å². The highest BCUT2D eigenvalue weighted by Crippen LogP contribution is 2.33. The van der Waals surface area contributed by atoms with Gasteiger partial charge in [0.05, 0.1) is 0 Å². The fraction of sp³-hybridized carbons (Fsp3) is 0.143. The van der Waals surface area contributed by atoms with Gasteiger partial charge in [0.25, 0.3) is 0 Å². The van der Waals surface area contributed by atoms with Crippen LogP contribution in [0, 0.1) is 0 Å². The minimum atomic E-state index is -1.61. The first-order valence-corrected chi connectivity index (χ1v) is 11.5. The van der Waals surface area contributed by atoms with Crippen LogP contribution in [0.25, 0.3) is 18.2 Å². The van der Waals surface area contributed by atoms with Crippen LogP contribution in [0.4, 0.5) is 0 Å². The Kier molecular flexibility index (Phi) is 9.03. The molecule has 0 saturated heterocycles. The number of carbonyl (C=O) groups excluding carboxylic acids is 1. The Morgan fingerprint density at radius 1 is 0.718 bits per heavy atom. The zero-order valence-corrected chi connectivity index (χ0v) is 20.4. The lowest BCUT2D eigenvalue weighted by Gasteiger charge is -2.13. The highest BCUT2D eigenvalue weighted by molar-refractivity contribution is 5.90. The van der Waals surface area contributed by atoms with Crippen molar-refractivity contribution in [3.63, 3.8) is 0 Å². The van der Waals surface area contributed by atoms with E-state index in [1.807, 2.05) is 0 Å². The van der Waals surface area contributed by atoms with Crippen molar-refractivity contribution in [2.75, 3.05) is 6.61 Å². The molecule has 11 nitrogen and oxygen atoms in total. The smallest absolute Gasteiger partial charge is 0.345 e. The summed E-state index contributed by atoms with van der Waals surface area (Å²) in [4.78, 5) is 24.0. The third-order valence-corrected chi connectivity index (χ3v) is 5.63. The Morgan fingerprint density at radius 2 is 1.26 bits per heavy atom. The largest absolute Gasteiger partial charge is 0.504 e. The molecule has 3 aromatic rings. The van der Waals surface area contributed by atoms with Gasteiger partial charge in [-0.05, 0) is 76.7 Å². The van der Waals surface area contributed by atoms with Crippen molar-refractivity contribution in [2.45, 2.75) is 18.9 Å². The number of benzene rings is 3. The molecule has 0 saturated carbocycles. The zero-order chi connectivity index (χ0) is 28.7. The van der Waals surface area contributed by atoms with E-state index in [2.05, 4.69) is 0 Å². The molecule has 0 aliphatic carbocycles. The molecule has 0 aliphatic rings. The third-order valence-electron chi connectivity index (χ3n) is 5.63. The lowest BCUT2D eigenvalue weighted by Crippen LogP contribution is -2.28. The van der Waals surface area contributed by atoms with E-state index in [0.717, 1.165) is 18.2 Å². The van der Waals surface area contributed by atoms with Crippen LogP contribution in [0.3, 0.4) is 0 Å². The van der Waals surface area contributed by atoms with Crippen LogP contribution in [0.5, 0.6) is 34.5 Å². The van der Waals surface area contributed by atoms with Crippen LogP contribution in [0.1, 0.15) is 27.8 Å². The van der Waals surface area contributed by atoms with E-state index in [0.29, 0.717) is 22.3 Å². The van der Waals surface area contributed by atoms with E-state index in [1.54, 1.807) is 0 Å². The van der Waals surface area contributed by atoms with Crippen LogP contribution in [0.15, 0.2) is 48.5 Å². The number of aromatic hydroxyl groups is 6. The molecule has 3 aromatic carbocycles. The molecule has 11 heteroatoms. The van der Waals surface area contributed by atoms with Crippen molar-refractivity contribution in [3.05, 3.63) is 76.4 Å². The number of esters is 1. The number of aliphatic hydroxyl groups is 1. The minimum Gasteiger partial charge on any atom is -0.504 e. The number of rotatable bonds is 10. The first-order chi connectivity index (χ1) is 18.5. The highest BCUT2D eigenvalue weighted by Gasteiger charge is 2.22. The average molecular weight is 539 g/mol. The molecule has 0 fully saturated rings. The second kappa shape index (κ2) is 12.4. The highest BCUT2D eigenvalue weighted by atomic mass is 16.6.